The maximum Gasteiger partial charge on any atom is 0.226 e. The Bertz CT molecular complexity index is 326. The first kappa shape index (κ1) is 14.2. The summed E-state index contributed by atoms with van der Waals surface area (Å²) >= 11 is 3.41. The van der Waals surface area contributed by atoms with Crippen molar-refractivity contribution in [1.29, 1.82) is 0 Å². The predicted molar refractivity (Wildman–Crippen MR) is 75.4 cm³/mol. The lowest BCUT2D eigenvalue weighted by Crippen LogP contribution is -2.29. The van der Waals surface area contributed by atoms with Gasteiger partial charge in [0.1, 0.15) is 0 Å². The highest BCUT2D eigenvalue weighted by molar-refractivity contribution is 9.09. The van der Waals surface area contributed by atoms with E-state index in [4.69, 9.17) is 0 Å². The summed E-state index contributed by atoms with van der Waals surface area (Å²) in [6, 6.07) is 9.91. The fourth-order valence-electron chi connectivity index (χ4n) is 1.65. The van der Waals surface area contributed by atoms with Crippen molar-refractivity contribution in [3.05, 3.63) is 35.9 Å². The van der Waals surface area contributed by atoms with Crippen LogP contribution in [0.15, 0.2) is 30.3 Å². The van der Waals surface area contributed by atoms with Gasteiger partial charge in [-0.2, -0.15) is 0 Å². The number of hydrogen-bond donors (Lipinski definition) is 0. The van der Waals surface area contributed by atoms with Crippen molar-refractivity contribution < 1.29 is 4.79 Å². The van der Waals surface area contributed by atoms with Crippen LogP contribution in [0.1, 0.15) is 24.8 Å². The van der Waals surface area contributed by atoms with Gasteiger partial charge in [-0.05, 0) is 18.4 Å². The van der Waals surface area contributed by atoms with Gasteiger partial charge in [-0.3, -0.25) is 4.79 Å². The van der Waals surface area contributed by atoms with Gasteiger partial charge in [-0.15, -0.1) is 0 Å². The number of nitrogens with zero attached hydrogens (tertiary/aromatic N) is 1. The smallest absolute Gasteiger partial charge is 0.226 e. The average Bonchev–Trinajstić information content (AvgIpc) is 2.35. The van der Waals surface area contributed by atoms with Gasteiger partial charge in [-0.1, -0.05) is 52.7 Å². The molecule has 0 saturated carbocycles. The van der Waals surface area contributed by atoms with E-state index in [9.17, 15) is 4.79 Å². The van der Waals surface area contributed by atoms with Crippen molar-refractivity contribution in [2.75, 3.05) is 18.9 Å². The molecule has 0 radical (unpaired) electrons. The number of rotatable bonds is 7. The number of alkyl halides is 1. The van der Waals surface area contributed by atoms with Crippen LogP contribution < -0.4 is 0 Å². The van der Waals surface area contributed by atoms with E-state index in [1.165, 1.54) is 12.8 Å². The molecule has 0 aliphatic heterocycles. The molecule has 0 spiro atoms. The van der Waals surface area contributed by atoms with Gasteiger partial charge < -0.3 is 4.90 Å². The zero-order chi connectivity index (χ0) is 12.5. The van der Waals surface area contributed by atoms with Gasteiger partial charge in [0.15, 0.2) is 0 Å². The third-order valence-electron chi connectivity index (χ3n) is 2.75. The molecular weight excluding hydrogens is 278 g/mol. The molecule has 0 bridgehead atoms. The maximum atomic E-state index is 11.9. The van der Waals surface area contributed by atoms with Crippen LogP contribution in [0.5, 0.6) is 0 Å². The van der Waals surface area contributed by atoms with Crippen LogP contribution in [-0.4, -0.2) is 29.7 Å². The van der Waals surface area contributed by atoms with Crippen molar-refractivity contribution in [2.24, 2.45) is 0 Å². The Kier molecular flexibility index (Phi) is 6.94. The summed E-state index contributed by atoms with van der Waals surface area (Å²) in [5.41, 5.74) is 1.09. The Morgan fingerprint density at radius 1 is 1.18 bits per heavy atom. The molecule has 0 saturated heterocycles. The number of carbonyl (C=O) groups excluding carboxylic acids is 1. The summed E-state index contributed by atoms with van der Waals surface area (Å²) in [6.45, 7) is 0.860. The topological polar surface area (TPSA) is 20.3 Å². The molecule has 1 aromatic carbocycles. The number of benzene rings is 1. The molecule has 94 valence electrons. The van der Waals surface area contributed by atoms with E-state index in [0.717, 1.165) is 23.9 Å². The molecule has 0 aromatic heterocycles. The Morgan fingerprint density at radius 2 is 1.88 bits per heavy atom. The number of carbonyl (C=O) groups is 1. The zero-order valence-electron chi connectivity index (χ0n) is 10.4. The molecule has 0 unspecified atom stereocenters. The number of amides is 1. The standard InChI is InChI=1S/C14H20BrNO/c1-16(11-7-3-6-10-15)14(17)12-13-8-4-2-5-9-13/h2,4-5,8-9H,3,6-7,10-12H2,1H3. The molecule has 2 nitrogen and oxygen atoms in total. The molecule has 0 aliphatic carbocycles. The molecular formula is C14H20BrNO. The van der Waals surface area contributed by atoms with Gasteiger partial charge in [0, 0.05) is 18.9 Å². The van der Waals surface area contributed by atoms with Crippen LogP contribution in [0.3, 0.4) is 0 Å². The molecule has 0 N–H and O–H groups in total. The van der Waals surface area contributed by atoms with Crippen LogP contribution >= 0.6 is 15.9 Å². The maximum absolute atomic E-state index is 11.9. The summed E-state index contributed by atoms with van der Waals surface area (Å²) < 4.78 is 0. The second-order valence-electron chi connectivity index (χ2n) is 4.23. The summed E-state index contributed by atoms with van der Waals surface area (Å²) in [7, 11) is 1.89. The van der Waals surface area contributed by atoms with Gasteiger partial charge in [0.25, 0.3) is 0 Å². The van der Waals surface area contributed by atoms with Gasteiger partial charge in [-0.25, -0.2) is 0 Å². The fraction of sp³-hybridized carbons (Fsp3) is 0.500. The minimum Gasteiger partial charge on any atom is -0.345 e. The van der Waals surface area contributed by atoms with Crippen molar-refractivity contribution in [1.82, 2.24) is 4.90 Å². The van der Waals surface area contributed by atoms with E-state index in [-0.39, 0.29) is 5.91 Å². The molecule has 0 fully saturated rings. The van der Waals surface area contributed by atoms with Gasteiger partial charge in [0.05, 0.1) is 6.42 Å². The largest absolute Gasteiger partial charge is 0.345 e. The highest BCUT2D eigenvalue weighted by Gasteiger charge is 2.08. The quantitative estimate of drug-likeness (QED) is 0.559. The Balaban J connectivity index is 2.27. The molecule has 1 rings (SSSR count). The lowest BCUT2D eigenvalue weighted by molar-refractivity contribution is -0.129. The van der Waals surface area contributed by atoms with Crippen molar-refractivity contribution in [3.63, 3.8) is 0 Å². The van der Waals surface area contributed by atoms with E-state index < -0.39 is 0 Å². The Hall–Kier alpha value is -0.830. The van der Waals surface area contributed by atoms with Gasteiger partial charge in [0.2, 0.25) is 5.91 Å². The van der Waals surface area contributed by atoms with Crippen LogP contribution in [-0.2, 0) is 11.2 Å². The van der Waals surface area contributed by atoms with E-state index in [1.54, 1.807) is 0 Å². The SMILES string of the molecule is CN(CCCCCBr)C(=O)Cc1ccccc1. The number of hydrogen-bond acceptors (Lipinski definition) is 1. The minimum atomic E-state index is 0.204. The summed E-state index contributed by atoms with van der Waals surface area (Å²) in [6.07, 6.45) is 3.95. The highest BCUT2D eigenvalue weighted by atomic mass is 79.9. The van der Waals surface area contributed by atoms with Crippen LogP contribution in [0.4, 0.5) is 0 Å². The van der Waals surface area contributed by atoms with E-state index >= 15 is 0 Å². The Labute approximate surface area is 112 Å². The average molecular weight is 298 g/mol. The number of halogens is 1. The number of likely N-dealkylation sites (N-methyl/N-ethyl adjacent to an activating group) is 1. The summed E-state index contributed by atoms with van der Waals surface area (Å²) in [4.78, 5) is 13.7. The normalized spacial score (nSPS) is 10.2. The Morgan fingerprint density at radius 3 is 2.53 bits per heavy atom. The first-order valence-corrected chi connectivity index (χ1v) is 7.20. The monoisotopic (exact) mass is 297 g/mol. The molecule has 0 heterocycles. The van der Waals surface area contributed by atoms with Crippen LogP contribution in [0, 0.1) is 0 Å². The molecule has 17 heavy (non-hydrogen) atoms. The predicted octanol–water partition coefficient (Wildman–Crippen LogP) is 3.25. The van der Waals surface area contributed by atoms with Crippen molar-refractivity contribution in [2.45, 2.75) is 25.7 Å². The highest BCUT2D eigenvalue weighted by Crippen LogP contribution is 2.04. The summed E-state index contributed by atoms with van der Waals surface area (Å²) in [5.74, 6) is 0.204. The number of unbranched alkanes of at least 4 members (excludes halogenated alkanes) is 2. The summed E-state index contributed by atoms with van der Waals surface area (Å²) in [5, 5.41) is 1.05. The second kappa shape index (κ2) is 8.29. The van der Waals surface area contributed by atoms with Crippen molar-refractivity contribution in [3.8, 4) is 0 Å². The van der Waals surface area contributed by atoms with Crippen LogP contribution in [0.25, 0.3) is 0 Å². The first-order chi connectivity index (χ1) is 8.24. The second-order valence-corrected chi connectivity index (χ2v) is 5.02. The lowest BCUT2D eigenvalue weighted by Gasteiger charge is -2.17. The molecule has 1 aromatic rings. The molecule has 0 atom stereocenters. The molecule has 0 aliphatic rings. The van der Waals surface area contributed by atoms with Crippen molar-refractivity contribution >= 4 is 21.8 Å². The lowest BCUT2D eigenvalue weighted by atomic mass is 10.1. The van der Waals surface area contributed by atoms with Gasteiger partial charge >= 0.3 is 0 Å². The zero-order valence-corrected chi connectivity index (χ0v) is 11.9. The molecule has 1 amide bonds. The molecule has 3 heteroatoms. The van der Waals surface area contributed by atoms with E-state index in [1.807, 2.05) is 42.3 Å². The van der Waals surface area contributed by atoms with E-state index in [2.05, 4.69) is 15.9 Å². The first-order valence-electron chi connectivity index (χ1n) is 6.08. The minimum absolute atomic E-state index is 0.204. The van der Waals surface area contributed by atoms with Crippen LogP contribution in [0.2, 0.25) is 0 Å². The van der Waals surface area contributed by atoms with E-state index in [0.29, 0.717) is 6.42 Å². The fourth-order valence-corrected chi connectivity index (χ4v) is 2.05. The third kappa shape index (κ3) is 5.87. The third-order valence-corrected chi connectivity index (χ3v) is 3.31.